The summed E-state index contributed by atoms with van der Waals surface area (Å²) in [4.78, 5) is 49.9. The average Bonchev–Trinajstić information content (AvgIpc) is 2.86. The molecule has 2 saturated heterocycles. The molecule has 0 aliphatic carbocycles. The van der Waals surface area contributed by atoms with E-state index in [0.717, 1.165) is 30.0 Å². The molecule has 27 heavy (non-hydrogen) atoms. The SMILES string of the molecule is C[C@@H]1C[C@@H](Nc2ccc3c(c2)C(=O)N(C2CCC(=O)NC2=O)C3=O)CCN1. The van der Waals surface area contributed by atoms with Gasteiger partial charge >= 0.3 is 0 Å². The maximum Gasteiger partial charge on any atom is 0.262 e. The maximum atomic E-state index is 12.8. The van der Waals surface area contributed by atoms with Crippen molar-refractivity contribution >= 4 is 29.3 Å². The Hall–Kier alpha value is -2.74. The number of nitrogens with zero attached hydrogens (tertiary/aromatic N) is 1. The molecule has 4 amide bonds. The minimum absolute atomic E-state index is 0.116. The van der Waals surface area contributed by atoms with Crippen LogP contribution in [0, 0.1) is 0 Å². The quantitative estimate of drug-likeness (QED) is 0.674. The molecular formula is C19H22N4O4. The van der Waals surface area contributed by atoms with Gasteiger partial charge in [-0.05, 0) is 50.9 Å². The number of nitrogens with one attached hydrogen (secondary N) is 3. The predicted molar refractivity (Wildman–Crippen MR) is 97.2 cm³/mol. The number of hydrogen-bond donors (Lipinski definition) is 3. The summed E-state index contributed by atoms with van der Waals surface area (Å²) in [6.45, 7) is 3.07. The van der Waals surface area contributed by atoms with Crippen molar-refractivity contribution in [2.75, 3.05) is 11.9 Å². The Balaban J connectivity index is 1.54. The van der Waals surface area contributed by atoms with Gasteiger partial charge in [0.25, 0.3) is 11.8 Å². The van der Waals surface area contributed by atoms with E-state index in [1.165, 1.54) is 0 Å². The van der Waals surface area contributed by atoms with E-state index in [1.807, 2.05) is 0 Å². The molecule has 0 radical (unpaired) electrons. The smallest absolute Gasteiger partial charge is 0.262 e. The van der Waals surface area contributed by atoms with Crippen LogP contribution in [0.2, 0.25) is 0 Å². The molecule has 0 saturated carbocycles. The lowest BCUT2D eigenvalue weighted by molar-refractivity contribution is -0.136. The number of carbonyl (C=O) groups is 4. The number of fused-ring (bicyclic) bond motifs is 1. The van der Waals surface area contributed by atoms with Gasteiger partial charge in [-0.25, -0.2) is 0 Å². The fourth-order valence-corrected chi connectivity index (χ4v) is 4.06. The Labute approximate surface area is 156 Å². The van der Waals surface area contributed by atoms with Crippen LogP contribution < -0.4 is 16.0 Å². The third-order valence-corrected chi connectivity index (χ3v) is 5.43. The van der Waals surface area contributed by atoms with E-state index < -0.39 is 23.8 Å². The third kappa shape index (κ3) is 3.21. The van der Waals surface area contributed by atoms with Crippen molar-refractivity contribution in [2.24, 2.45) is 0 Å². The van der Waals surface area contributed by atoms with E-state index in [0.29, 0.717) is 23.2 Å². The molecule has 3 atom stereocenters. The largest absolute Gasteiger partial charge is 0.382 e. The van der Waals surface area contributed by atoms with Gasteiger partial charge in [-0.3, -0.25) is 29.4 Å². The van der Waals surface area contributed by atoms with Crippen molar-refractivity contribution in [1.29, 1.82) is 0 Å². The zero-order valence-corrected chi connectivity index (χ0v) is 15.1. The van der Waals surface area contributed by atoms with Gasteiger partial charge in [-0.2, -0.15) is 0 Å². The topological polar surface area (TPSA) is 108 Å². The minimum atomic E-state index is -0.934. The number of carbonyl (C=O) groups excluding carboxylic acids is 4. The second kappa shape index (κ2) is 6.77. The van der Waals surface area contributed by atoms with Gasteiger partial charge in [0, 0.05) is 24.2 Å². The zero-order chi connectivity index (χ0) is 19.1. The third-order valence-electron chi connectivity index (χ3n) is 5.43. The van der Waals surface area contributed by atoms with Crippen molar-refractivity contribution in [3.05, 3.63) is 29.3 Å². The second-order valence-electron chi connectivity index (χ2n) is 7.43. The van der Waals surface area contributed by atoms with E-state index in [9.17, 15) is 19.2 Å². The molecule has 1 aromatic rings. The first kappa shape index (κ1) is 17.7. The molecule has 3 heterocycles. The molecule has 3 aliphatic heterocycles. The van der Waals surface area contributed by atoms with Gasteiger partial charge in [0.1, 0.15) is 6.04 Å². The number of piperidine rings is 2. The monoisotopic (exact) mass is 370 g/mol. The van der Waals surface area contributed by atoms with Crippen LogP contribution in [0.3, 0.4) is 0 Å². The first-order chi connectivity index (χ1) is 12.9. The van der Waals surface area contributed by atoms with Gasteiger partial charge < -0.3 is 10.6 Å². The van der Waals surface area contributed by atoms with Crippen molar-refractivity contribution in [2.45, 2.75) is 50.7 Å². The molecule has 3 N–H and O–H groups in total. The van der Waals surface area contributed by atoms with Crippen molar-refractivity contribution in [1.82, 2.24) is 15.5 Å². The van der Waals surface area contributed by atoms with Gasteiger partial charge in [0.15, 0.2) is 0 Å². The number of hydrogen-bond acceptors (Lipinski definition) is 6. The van der Waals surface area contributed by atoms with Crippen LogP contribution in [0.1, 0.15) is 53.3 Å². The normalized spacial score (nSPS) is 28.2. The van der Waals surface area contributed by atoms with Gasteiger partial charge in [-0.15, -0.1) is 0 Å². The molecule has 8 heteroatoms. The van der Waals surface area contributed by atoms with E-state index >= 15 is 0 Å². The summed E-state index contributed by atoms with van der Waals surface area (Å²) in [6.07, 6.45) is 2.24. The number of imide groups is 2. The minimum Gasteiger partial charge on any atom is -0.382 e. The summed E-state index contributed by atoms with van der Waals surface area (Å²) in [7, 11) is 0. The van der Waals surface area contributed by atoms with Crippen LogP contribution in [-0.2, 0) is 9.59 Å². The van der Waals surface area contributed by atoms with Crippen LogP contribution >= 0.6 is 0 Å². The van der Waals surface area contributed by atoms with Crippen LogP contribution in [-0.4, -0.2) is 53.2 Å². The molecule has 8 nitrogen and oxygen atoms in total. The lowest BCUT2D eigenvalue weighted by Crippen LogP contribution is -2.54. The van der Waals surface area contributed by atoms with Gasteiger partial charge in [-0.1, -0.05) is 0 Å². The molecule has 1 aromatic carbocycles. The highest BCUT2D eigenvalue weighted by atomic mass is 16.2. The highest BCUT2D eigenvalue weighted by molar-refractivity contribution is 6.23. The van der Waals surface area contributed by atoms with Gasteiger partial charge in [0.05, 0.1) is 11.1 Å². The number of anilines is 1. The summed E-state index contributed by atoms with van der Waals surface area (Å²) in [6, 6.07) is 4.92. The molecule has 3 aliphatic rings. The van der Waals surface area contributed by atoms with Crippen molar-refractivity contribution in [3.63, 3.8) is 0 Å². The van der Waals surface area contributed by atoms with E-state index in [2.05, 4.69) is 22.9 Å². The Kier molecular flexibility index (Phi) is 4.43. The van der Waals surface area contributed by atoms with Crippen LogP contribution in [0.25, 0.3) is 0 Å². The summed E-state index contributed by atoms with van der Waals surface area (Å²) in [5.74, 6) is -1.93. The first-order valence-corrected chi connectivity index (χ1v) is 9.29. The van der Waals surface area contributed by atoms with E-state index in [1.54, 1.807) is 18.2 Å². The molecule has 2 fully saturated rings. The molecule has 1 unspecified atom stereocenters. The van der Waals surface area contributed by atoms with Crippen LogP contribution in [0.5, 0.6) is 0 Å². The molecular weight excluding hydrogens is 348 g/mol. The molecule has 142 valence electrons. The Morgan fingerprint density at radius 2 is 1.85 bits per heavy atom. The summed E-state index contributed by atoms with van der Waals surface area (Å²) in [5, 5.41) is 9.04. The fourth-order valence-electron chi connectivity index (χ4n) is 4.06. The maximum absolute atomic E-state index is 12.8. The van der Waals surface area contributed by atoms with Crippen LogP contribution in [0.4, 0.5) is 5.69 Å². The Bertz CT molecular complexity index is 837. The molecule has 0 aromatic heterocycles. The number of rotatable bonds is 3. The average molecular weight is 370 g/mol. The number of benzene rings is 1. The predicted octanol–water partition coefficient (Wildman–Crippen LogP) is 0.640. The highest BCUT2D eigenvalue weighted by Crippen LogP contribution is 2.30. The molecule has 0 bridgehead atoms. The standard InChI is InChI=1S/C19H22N4O4/c1-10-8-12(6-7-20-10)21-11-2-3-13-14(9-11)19(27)23(18(13)26)15-4-5-16(24)22-17(15)25/h2-3,9-10,12,15,20-21H,4-8H2,1H3,(H,22,24,25)/t10-,12+,15?/m1/s1. The van der Waals surface area contributed by atoms with E-state index in [-0.39, 0.29) is 18.7 Å². The second-order valence-corrected chi connectivity index (χ2v) is 7.43. The highest BCUT2D eigenvalue weighted by Gasteiger charge is 2.44. The summed E-state index contributed by atoms with van der Waals surface area (Å²) >= 11 is 0. The van der Waals surface area contributed by atoms with Crippen LogP contribution in [0.15, 0.2) is 18.2 Å². The zero-order valence-electron chi connectivity index (χ0n) is 15.1. The first-order valence-electron chi connectivity index (χ1n) is 9.29. The van der Waals surface area contributed by atoms with Crippen molar-refractivity contribution in [3.8, 4) is 0 Å². The van der Waals surface area contributed by atoms with Gasteiger partial charge in [0.2, 0.25) is 11.8 Å². The lowest BCUT2D eigenvalue weighted by Gasteiger charge is -2.29. The molecule has 0 spiro atoms. The Morgan fingerprint density at radius 1 is 1.07 bits per heavy atom. The summed E-state index contributed by atoms with van der Waals surface area (Å²) < 4.78 is 0. The molecule has 4 rings (SSSR count). The van der Waals surface area contributed by atoms with E-state index in [4.69, 9.17) is 0 Å². The fraction of sp³-hybridized carbons (Fsp3) is 0.474. The number of amides is 4. The summed E-state index contributed by atoms with van der Waals surface area (Å²) in [5.41, 5.74) is 1.39. The lowest BCUT2D eigenvalue weighted by atomic mass is 10.00. The Morgan fingerprint density at radius 3 is 2.59 bits per heavy atom. The van der Waals surface area contributed by atoms with Crippen molar-refractivity contribution < 1.29 is 19.2 Å².